The van der Waals surface area contributed by atoms with Gasteiger partial charge in [-0.25, -0.2) is 0 Å². The second-order valence-corrected chi connectivity index (χ2v) is 39.9. The monoisotopic (exact) mass is 1230 g/mol. The zero-order valence-corrected chi connectivity index (χ0v) is 62.7. The van der Waals surface area contributed by atoms with E-state index >= 15 is 0 Å². The Morgan fingerprint density at radius 1 is 0.348 bits per heavy atom. The molecule has 0 spiro atoms. The molecule has 3 unspecified atom stereocenters. The van der Waals surface area contributed by atoms with Crippen molar-refractivity contribution in [3.05, 3.63) is 33.4 Å². The Bertz CT molecular complexity index is 2500. The number of aliphatic hydroxyl groups is 2. The van der Waals surface area contributed by atoms with Crippen LogP contribution in [0.3, 0.4) is 0 Å². The number of carbonyl (C=O) groups excluding carboxylic acids is 1. The van der Waals surface area contributed by atoms with Gasteiger partial charge in [0.2, 0.25) is 0 Å². The molecular weight excluding hydrogens is 1080 g/mol. The van der Waals surface area contributed by atoms with Crippen molar-refractivity contribution in [1.82, 2.24) is 0 Å². The highest BCUT2D eigenvalue weighted by Gasteiger charge is 2.64. The first-order chi connectivity index (χ1) is 41.4. The molecule has 0 aromatic heterocycles. The van der Waals surface area contributed by atoms with E-state index in [0.29, 0.717) is 32.9 Å². The van der Waals surface area contributed by atoms with Gasteiger partial charge in [-0.05, 0) is 294 Å². The first kappa shape index (κ1) is 70.6. The van der Waals surface area contributed by atoms with E-state index in [0.717, 1.165) is 116 Å². The maximum absolute atomic E-state index is 12.3. The van der Waals surface area contributed by atoms with E-state index in [-0.39, 0.29) is 21.7 Å². The Labute approximate surface area is 551 Å². The molecule has 89 heavy (non-hydrogen) atoms. The fourth-order valence-electron chi connectivity index (χ4n) is 26.9. The molecular formula is C86H146O3. The van der Waals surface area contributed by atoms with Crippen LogP contribution in [0.4, 0.5) is 0 Å². The Hall–Kier alpha value is -1.19. The van der Waals surface area contributed by atoms with Crippen LogP contribution in [0, 0.1) is 120 Å². The maximum atomic E-state index is 12.3. The van der Waals surface area contributed by atoms with Gasteiger partial charge in [-0.1, -0.05) is 216 Å². The fraction of sp³-hybridized carbons (Fsp3) is 0.919. The molecule has 12 rings (SSSR count). The van der Waals surface area contributed by atoms with Gasteiger partial charge in [0.25, 0.3) is 0 Å². The summed E-state index contributed by atoms with van der Waals surface area (Å²) < 4.78 is 0. The summed E-state index contributed by atoms with van der Waals surface area (Å²) in [6.07, 6.45) is 46.4. The van der Waals surface area contributed by atoms with Crippen LogP contribution >= 0.6 is 0 Å². The number of ketones is 1. The topological polar surface area (TPSA) is 57.5 Å². The number of hydrogen-bond acceptors (Lipinski definition) is 3. The van der Waals surface area contributed by atoms with Crippen molar-refractivity contribution in [2.45, 2.75) is 381 Å². The molecule has 508 valence electrons. The quantitative estimate of drug-likeness (QED) is 0.161. The Kier molecular flexibility index (Phi) is 20.4. The van der Waals surface area contributed by atoms with Crippen LogP contribution in [0.5, 0.6) is 0 Å². The van der Waals surface area contributed by atoms with Gasteiger partial charge < -0.3 is 10.2 Å². The van der Waals surface area contributed by atoms with E-state index in [1.807, 2.05) is 33.4 Å². The third-order valence-electron chi connectivity index (χ3n) is 33.0. The summed E-state index contributed by atoms with van der Waals surface area (Å²) in [5.74, 6) is 11.0. The highest BCUT2D eigenvalue weighted by Crippen LogP contribution is 2.73. The maximum Gasteiger partial charge on any atom is 0.133 e. The van der Waals surface area contributed by atoms with Crippen molar-refractivity contribution in [3.63, 3.8) is 0 Å². The van der Waals surface area contributed by atoms with Gasteiger partial charge in [-0.15, -0.1) is 0 Å². The molecule has 3 heteroatoms. The summed E-state index contributed by atoms with van der Waals surface area (Å²) >= 11 is 0. The molecule has 12 aliphatic carbocycles. The lowest BCUT2D eigenvalue weighted by Gasteiger charge is -2.61. The van der Waals surface area contributed by atoms with Crippen LogP contribution in [0.1, 0.15) is 370 Å². The normalized spacial score (nSPS) is 45.8. The largest absolute Gasteiger partial charge is 0.390 e. The zero-order chi connectivity index (χ0) is 64.9. The molecule has 0 radical (unpaired) electrons. The van der Waals surface area contributed by atoms with Gasteiger partial charge in [-0.2, -0.15) is 0 Å². The van der Waals surface area contributed by atoms with Crippen LogP contribution in [0.2, 0.25) is 0 Å². The van der Waals surface area contributed by atoms with Crippen molar-refractivity contribution >= 4 is 5.78 Å². The van der Waals surface area contributed by atoms with E-state index in [1.165, 1.54) is 186 Å². The number of hydrogen-bond donors (Lipinski definition) is 2. The number of allylic oxidation sites excluding steroid dienone is 6. The molecule has 0 aromatic rings. The molecule has 6 fully saturated rings. The second kappa shape index (κ2) is 25.7. The van der Waals surface area contributed by atoms with Crippen molar-refractivity contribution < 1.29 is 15.0 Å². The van der Waals surface area contributed by atoms with E-state index in [2.05, 4.69) is 138 Å². The molecule has 3 nitrogen and oxygen atoms in total. The minimum Gasteiger partial charge on any atom is -0.390 e. The van der Waals surface area contributed by atoms with Gasteiger partial charge in [0.15, 0.2) is 0 Å². The minimum absolute atomic E-state index is 0.219. The van der Waals surface area contributed by atoms with Crippen molar-refractivity contribution in [1.29, 1.82) is 0 Å². The van der Waals surface area contributed by atoms with Crippen LogP contribution in [0.25, 0.3) is 0 Å². The number of fused-ring (bicyclic) bond motifs is 12. The van der Waals surface area contributed by atoms with Gasteiger partial charge in [0, 0.05) is 12.8 Å². The standard InChI is InChI=1S/2C29H50O.C28H46O/c2*1-20(2)9-8-10-21(3)23-11-12-24-22-13-15-26(4)19-27(5,30)17-18-29(26,7)25(22)14-16-28(23,24)6;1-19(2)8-7-9-20(3)23-10-11-24-22-13-15-26(4)18-21(29)12-17-28(26,6)25(22)14-16-27(23,24)5/h2*20-21,23-24,30H,8-19H2,1-7H3;19-20,23-24H,7-18H2,1-6H3/t21-,23-,24?,26-,27+,28-,29-;21-,23-,24?,26-,27-,28-,29-;20-,23-,24?,26-,27-,28-/m111/s1. The van der Waals surface area contributed by atoms with Crippen LogP contribution in [-0.2, 0) is 4.79 Å². The first-order valence-electron chi connectivity index (χ1n) is 39.6. The van der Waals surface area contributed by atoms with Crippen molar-refractivity contribution in [3.8, 4) is 0 Å². The summed E-state index contributed by atoms with van der Waals surface area (Å²) in [7, 11) is 0. The van der Waals surface area contributed by atoms with E-state index in [9.17, 15) is 15.0 Å². The SMILES string of the molecule is CC(C)CCC[C@@H](C)[C@H]1CCC2C3=C(CC[C@@]21C)[C@@]1(C)CCC(=O)C[C@@]1(C)CC3.CC(C)CCC[C@@H](C)[C@H]1CCC2C3=C(CC[C@@]21C)[C@@]1(C)CC[C@@](C)(O)C[C@@]1(C)CC3.CC(C)CCC[C@@H](C)[C@H]1CCC2C3=C(CC[C@@]21C)[C@@]1(C)CC[C@](C)(O)C[C@@]1(C)CC3. The molecule has 12 aliphatic rings. The van der Waals surface area contributed by atoms with Crippen molar-refractivity contribution in [2.75, 3.05) is 0 Å². The van der Waals surface area contributed by atoms with Gasteiger partial charge >= 0.3 is 0 Å². The molecule has 0 aliphatic heterocycles. The average Bonchev–Trinajstić information content (AvgIpc) is 1.64. The first-order valence-corrected chi connectivity index (χ1v) is 39.6. The highest BCUT2D eigenvalue weighted by molar-refractivity contribution is 5.80. The lowest BCUT2D eigenvalue weighted by molar-refractivity contribution is -0.129. The lowest BCUT2D eigenvalue weighted by atomic mass is 9.44. The number of rotatable bonds is 15. The number of Topliss-reactive ketones (excluding diaryl/α,β-unsaturated/α-hetero) is 1. The van der Waals surface area contributed by atoms with E-state index in [1.54, 1.807) is 0 Å². The summed E-state index contributed by atoms with van der Waals surface area (Å²) in [6.45, 7) is 49.3. The lowest BCUT2D eigenvalue weighted by Crippen LogP contribution is -2.53. The summed E-state index contributed by atoms with van der Waals surface area (Å²) in [6, 6.07) is 0. The van der Waals surface area contributed by atoms with Crippen LogP contribution in [-0.4, -0.2) is 27.2 Å². The fourth-order valence-corrected chi connectivity index (χ4v) is 26.9. The Morgan fingerprint density at radius 3 is 0.966 bits per heavy atom. The predicted octanol–water partition coefficient (Wildman–Crippen LogP) is 24.8. The third kappa shape index (κ3) is 12.7. The zero-order valence-electron chi connectivity index (χ0n) is 62.7. The second-order valence-electron chi connectivity index (χ2n) is 39.9. The molecule has 0 amide bonds. The van der Waals surface area contributed by atoms with Crippen LogP contribution in [0.15, 0.2) is 33.4 Å². The van der Waals surface area contributed by atoms with Gasteiger partial charge in [-0.3, -0.25) is 4.79 Å². The van der Waals surface area contributed by atoms with E-state index < -0.39 is 11.2 Å². The van der Waals surface area contributed by atoms with Gasteiger partial charge in [0.05, 0.1) is 11.2 Å². The third-order valence-corrected chi connectivity index (χ3v) is 33.0. The molecule has 0 heterocycles. The Morgan fingerprint density at radius 2 is 0.652 bits per heavy atom. The molecule has 0 bridgehead atoms. The average molecular weight is 1230 g/mol. The minimum atomic E-state index is -0.459. The molecule has 0 saturated heterocycles. The van der Waals surface area contributed by atoms with E-state index in [4.69, 9.17) is 0 Å². The van der Waals surface area contributed by atoms with Gasteiger partial charge in [0.1, 0.15) is 5.78 Å². The highest BCUT2D eigenvalue weighted by atomic mass is 16.3. The molecule has 20 atom stereocenters. The summed E-state index contributed by atoms with van der Waals surface area (Å²) in [5.41, 5.74) is 13.7. The Balaban J connectivity index is 0.000000147. The predicted molar refractivity (Wildman–Crippen MR) is 379 cm³/mol. The molecule has 6 saturated carbocycles. The number of carbonyl (C=O) groups is 1. The molecule has 0 aromatic carbocycles. The van der Waals surface area contributed by atoms with Crippen molar-refractivity contribution in [2.24, 2.45) is 120 Å². The molecule has 2 N–H and O–H groups in total. The summed E-state index contributed by atoms with van der Waals surface area (Å²) in [4.78, 5) is 12.3. The van der Waals surface area contributed by atoms with Crippen LogP contribution < -0.4 is 0 Å². The summed E-state index contributed by atoms with van der Waals surface area (Å²) in [5, 5.41) is 21.7. The smallest absolute Gasteiger partial charge is 0.133 e.